The fourth-order valence-electron chi connectivity index (χ4n) is 2.28. The number of carbonyl (C=O) groups excluding carboxylic acids is 1. The molecule has 0 bridgehead atoms. The minimum Gasteiger partial charge on any atom is -0.422 e. The second kappa shape index (κ2) is 6.04. The van der Waals surface area contributed by atoms with E-state index in [-0.39, 0.29) is 11.3 Å². The molecule has 0 aliphatic rings. The first-order valence-electron chi connectivity index (χ1n) is 7.27. The van der Waals surface area contributed by atoms with Crippen LogP contribution in [0.2, 0.25) is 0 Å². The molecule has 0 saturated heterocycles. The molecule has 0 aliphatic carbocycles. The summed E-state index contributed by atoms with van der Waals surface area (Å²) in [4.78, 5) is 28.2. The van der Waals surface area contributed by atoms with Gasteiger partial charge in [-0.05, 0) is 48.7 Å². The van der Waals surface area contributed by atoms with Gasteiger partial charge < -0.3 is 9.15 Å². The summed E-state index contributed by atoms with van der Waals surface area (Å²) in [7, 11) is 0. The number of ether oxygens (including phenoxy) is 1. The predicted octanol–water partition coefficient (Wildman–Crippen LogP) is 3.28. The van der Waals surface area contributed by atoms with E-state index in [1.807, 2.05) is 26.0 Å². The van der Waals surface area contributed by atoms with Gasteiger partial charge in [-0.15, -0.1) is 0 Å². The lowest BCUT2D eigenvalue weighted by atomic mass is 10.1. The molecule has 116 valence electrons. The zero-order valence-corrected chi connectivity index (χ0v) is 12.8. The Morgan fingerprint density at radius 3 is 2.78 bits per heavy atom. The molecular formula is C18H15NO4. The molecule has 0 amide bonds. The third-order valence-electron chi connectivity index (χ3n) is 3.49. The highest BCUT2D eigenvalue weighted by Gasteiger charge is 2.16. The molecule has 2 aromatic heterocycles. The molecule has 0 N–H and O–H groups in total. The summed E-state index contributed by atoms with van der Waals surface area (Å²) < 4.78 is 10.4. The number of esters is 1. The van der Waals surface area contributed by atoms with Crippen LogP contribution in [0.4, 0.5) is 0 Å². The number of pyridine rings is 1. The van der Waals surface area contributed by atoms with E-state index >= 15 is 0 Å². The van der Waals surface area contributed by atoms with Crippen LogP contribution in [0.5, 0.6) is 5.75 Å². The second-order valence-corrected chi connectivity index (χ2v) is 5.26. The van der Waals surface area contributed by atoms with Crippen LogP contribution in [0.15, 0.2) is 51.9 Å². The number of hydrogen-bond acceptors (Lipinski definition) is 5. The summed E-state index contributed by atoms with van der Waals surface area (Å²) in [5.74, 6) is -0.466. The highest BCUT2D eigenvalue weighted by molar-refractivity contribution is 5.94. The van der Waals surface area contributed by atoms with Crippen molar-refractivity contribution >= 4 is 16.9 Å². The fourth-order valence-corrected chi connectivity index (χ4v) is 2.28. The van der Waals surface area contributed by atoms with Crippen LogP contribution in [0, 0.1) is 6.92 Å². The molecule has 0 radical (unpaired) electrons. The van der Waals surface area contributed by atoms with Gasteiger partial charge in [0, 0.05) is 11.6 Å². The maximum atomic E-state index is 12.2. The van der Waals surface area contributed by atoms with E-state index in [1.165, 1.54) is 12.3 Å². The number of nitrogens with zero attached hydrogens (tertiary/aromatic N) is 1. The monoisotopic (exact) mass is 309 g/mol. The number of benzene rings is 1. The molecule has 3 rings (SSSR count). The Labute approximate surface area is 132 Å². The van der Waals surface area contributed by atoms with E-state index in [9.17, 15) is 9.59 Å². The van der Waals surface area contributed by atoms with Crippen molar-refractivity contribution in [3.63, 3.8) is 0 Å². The maximum Gasteiger partial charge on any atom is 0.351 e. The van der Waals surface area contributed by atoms with Crippen molar-refractivity contribution < 1.29 is 13.9 Å². The minimum atomic E-state index is -0.755. The van der Waals surface area contributed by atoms with E-state index in [0.29, 0.717) is 11.0 Å². The van der Waals surface area contributed by atoms with Crippen molar-refractivity contribution in [3.05, 3.63) is 69.8 Å². The van der Waals surface area contributed by atoms with Crippen LogP contribution in [-0.2, 0) is 6.42 Å². The van der Waals surface area contributed by atoms with E-state index < -0.39 is 11.6 Å². The largest absolute Gasteiger partial charge is 0.422 e. The van der Waals surface area contributed by atoms with Gasteiger partial charge in [-0.25, -0.2) is 9.59 Å². The van der Waals surface area contributed by atoms with Crippen molar-refractivity contribution in [1.82, 2.24) is 4.98 Å². The quantitative estimate of drug-likeness (QED) is 0.548. The van der Waals surface area contributed by atoms with Crippen LogP contribution >= 0.6 is 0 Å². The van der Waals surface area contributed by atoms with Crippen molar-refractivity contribution in [3.8, 4) is 5.75 Å². The Bertz CT molecular complexity index is 943. The summed E-state index contributed by atoms with van der Waals surface area (Å²) in [6, 6.07) is 8.69. The smallest absolute Gasteiger partial charge is 0.351 e. The molecule has 0 spiro atoms. The molecule has 5 heteroatoms. The molecule has 3 aromatic rings. The number of aryl methyl sites for hydroxylation is 2. The number of aromatic nitrogens is 1. The topological polar surface area (TPSA) is 69.4 Å². The van der Waals surface area contributed by atoms with E-state index in [4.69, 9.17) is 9.15 Å². The molecule has 0 aliphatic heterocycles. The van der Waals surface area contributed by atoms with Crippen molar-refractivity contribution in [2.45, 2.75) is 20.3 Å². The van der Waals surface area contributed by atoms with Gasteiger partial charge in [0.25, 0.3) is 0 Å². The van der Waals surface area contributed by atoms with Crippen LogP contribution in [0.3, 0.4) is 0 Å². The van der Waals surface area contributed by atoms with Gasteiger partial charge in [0.2, 0.25) is 0 Å². The Kier molecular flexibility index (Phi) is 3.93. The third kappa shape index (κ3) is 3.13. The van der Waals surface area contributed by atoms with Crippen LogP contribution in [-0.4, -0.2) is 11.0 Å². The second-order valence-electron chi connectivity index (χ2n) is 5.26. The first-order chi connectivity index (χ1) is 11.1. The Balaban J connectivity index is 1.99. The zero-order chi connectivity index (χ0) is 16.4. The zero-order valence-electron chi connectivity index (χ0n) is 12.8. The van der Waals surface area contributed by atoms with Crippen LogP contribution in [0.25, 0.3) is 11.0 Å². The van der Waals surface area contributed by atoms with E-state index in [2.05, 4.69) is 4.98 Å². The molecule has 0 atom stereocenters. The average molecular weight is 309 g/mol. The summed E-state index contributed by atoms with van der Waals surface area (Å²) in [6.07, 6.45) is 3.92. The van der Waals surface area contributed by atoms with Crippen molar-refractivity contribution in [1.29, 1.82) is 0 Å². The van der Waals surface area contributed by atoms with Gasteiger partial charge in [-0.1, -0.05) is 13.0 Å². The van der Waals surface area contributed by atoms with Crippen LogP contribution < -0.4 is 10.4 Å². The molecule has 0 unspecified atom stereocenters. The van der Waals surface area contributed by atoms with Gasteiger partial charge in [-0.3, -0.25) is 4.98 Å². The van der Waals surface area contributed by atoms with Gasteiger partial charge in [0.05, 0.1) is 6.20 Å². The van der Waals surface area contributed by atoms with E-state index in [1.54, 1.807) is 18.3 Å². The normalized spacial score (nSPS) is 10.7. The summed E-state index contributed by atoms with van der Waals surface area (Å²) in [5, 5.41) is 0.693. The van der Waals surface area contributed by atoms with E-state index in [0.717, 1.165) is 17.5 Å². The minimum absolute atomic E-state index is 0.132. The molecule has 0 saturated carbocycles. The van der Waals surface area contributed by atoms with Crippen molar-refractivity contribution in [2.75, 3.05) is 0 Å². The Hall–Kier alpha value is -2.95. The Morgan fingerprint density at radius 1 is 1.22 bits per heavy atom. The molecular weight excluding hydrogens is 294 g/mol. The highest BCUT2D eigenvalue weighted by atomic mass is 16.5. The molecule has 2 heterocycles. The highest BCUT2D eigenvalue weighted by Crippen LogP contribution is 2.18. The summed E-state index contributed by atoms with van der Waals surface area (Å²) >= 11 is 0. The van der Waals surface area contributed by atoms with Gasteiger partial charge in [0.15, 0.2) is 0 Å². The Morgan fingerprint density at radius 2 is 2.04 bits per heavy atom. The predicted molar refractivity (Wildman–Crippen MR) is 85.8 cm³/mol. The first kappa shape index (κ1) is 15.0. The molecule has 1 aromatic carbocycles. The number of rotatable bonds is 3. The van der Waals surface area contributed by atoms with Gasteiger partial charge in [0.1, 0.15) is 16.9 Å². The number of fused-ring (bicyclic) bond motifs is 1. The van der Waals surface area contributed by atoms with Crippen LogP contribution in [0.1, 0.15) is 28.4 Å². The first-order valence-corrected chi connectivity index (χ1v) is 7.27. The third-order valence-corrected chi connectivity index (χ3v) is 3.49. The summed E-state index contributed by atoms with van der Waals surface area (Å²) in [5.41, 5.74) is 1.54. The molecule has 5 nitrogen and oxygen atoms in total. The fraction of sp³-hybridized carbons (Fsp3) is 0.167. The standard InChI is InChI=1S/C18H15NO4/c1-3-12-4-5-16-13(7-12)8-15(18(21)23-16)17(20)22-14-6-11(2)9-19-10-14/h4-10H,3H2,1-2H3. The van der Waals surface area contributed by atoms with Gasteiger partial charge >= 0.3 is 11.6 Å². The van der Waals surface area contributed by atoms with Crippen molar-refractivity contribution in [2.24, 2.45) is 0 Å². The lowest BCUT2D eigenvalue weighted by Crippen LogP contribution is -2.18. The molecule has 0 fully saturated rings. The number of hydrogen-bond donors (Lipinski definition) is 0. The lowest BCUT2D eigenvalue weighted by molar-refractivity contribution is 0.0730. The SMILES string of the molecule is CCc1ccc2oc(=O)c(C(=O)Oc3cncc(C)c3)cc2c1. The number of carbonyl (C=O) groups is 1. The maximum absolute atomic E-state index is 12.2. The molecule has 23 heavy (non-hydrogen) atoms. The lowest BCUT2D eigenvalue weighted by Gasteiger charge is -2.05. The summed E-state index contributed by atoms with van der Waals surface area (Å²) in [6.45, 7) is 3.86. The van der Waals surface area contributed by atoms with Gasteiger partial charge in [-0.2, -0.15) is 0 Å². The average Bonchev–Trinajstić information content (AvgIpc) is 2.53.